The lowest BCUT2D eigenvalue weighted by Crippen LogP contribution is -2.20. The molecule has 0 unspecified atom stereocenters. The van der Waals surface area contributed by atoms with Gasteiger partial charge >= 0.3 is 0 Å². The molecule has 1 heterocycles. The lowest BCUT2D eigenvalue weighted by atomic mass is 10.1. The fourth-order valence-electron chi connectivity index (χ4n) is 3.22. The van der Waals surface area contributed by atoms with Crippen LogP contribution in [0.1, 0.15) is 0 Å². The molecule has 0 atom stereocenters. The van der Waals surface area contributed by atoms with E-state index in [1.54, 1.807) is 14.2 Å². The summed E-state index contributed by atoms with van der Waals surface area (Å²) in [5.74, 6) is 1.74. The van der Waals surface area contributed by atoms with Crippen LogP contribution in [0.25, 0.3) is 22.4 Å². The maximum Gasteiger partial charge on any atom is 0.264 e. The Hall–Kier alpha value is -3.84. The van der Waals surface area contributed by atoms with Gasteiger partial charge in [-0.3, -0.25) is 10.1 Å². The van der Waals surface area contributed by atoms with Gasteiger partial charge in [0.2, 0.25) is 0 Å². The number of ether oxygens (including phenoxy) is 3. The molecule has 1 amide bonds. The lowest BCUT2D eigenvalue weighted by molar-refractivity contribution is -0.118. The Morgan fingerprint density at radius 3 is 2.47 bits per heavy atom. The van der Waals surface area contributed by atoms with Crippen molar-refractivity contribution in [2.45, 2.75) is 0 Å². The molecule has 3 aromatic carbocycles. The van der Waals surface area contributed by atoms with Crippen LogP contribution in [-0.4, -0.2) is 31.7 Å². The number of hydrogen-bond donors (Lipinski definition) is 1. The number of carbonyl (C=O) groups excluding carboxylic acids is 1. The minimum Gasteiger partial charge on any atom is -0.497 e. The van der Waals surface area contributed by atoms with Crippen molar-refractivity contribution in [1.29, 1.82) is 0 Å². The smallest absolute Gasteiger partial charge is 0.264 e. The standard InChI is InChI=1S/C25H22N2O4S/c1-29-18-12-13-22(30-2)20(14-18)21-16-32-25(26-21)27-24(28)15-31-23-11-7-6-10-19(23)17-8-4-3-5-9-17/h3-14,16H,15H2,1-2H3,(H,26,27,28). The zero-order chi connectivity index (χ0) is 22.3. The summed E-state index contributed by atoms with van der Waals surface area (Å²) < 4.78 is 16.5. The second-order valence-corrected chi connectivity index (χ2v) is 7.66. The van der Waals surface area contributed by atoms with Gasteiger partial charge in [-0.15, -0.1) is 11.3 Å². The average molecular weight is 447 g/mol. The van der Waals surface area contributed by atoms with Crippen molar-refractivity contribution in [2.75, 3.05) is 26.1 Å². The molecule has 4 rings (SSSR count). The summed E-state index contributed by atoms with van der Waals surface area (Å²) in [6.45, 7) is -0.124. The van der Waals surface area contributed by atoms with Gasteiger partial charge in [0.1, 0.15) is 17.2 Å². The first-order valence-electron chi connectivity index (χ1n) is 9.93. The van der Waals surface area contributed by atoms with E-state index in [4.69, 9.17) is 14.2 Å². The van der Waals surface area contributed by atoms with Crippen molar-refractivity contribution < 1.29 is 19.0 Å². The SMILES string of the molecule is COc1ccc(OC)c(-c2csc(NC(=O)COc3ccccc3-c3ccccc3)n2)c1. The van der Waals surface area contributed by atoms with Crippen LogP contribution in [0.2, 0.25) is 0 Å². The van der Waals surface area contributed by atoms with Gasteiger partial charge in [0.25, 0.3) is 5.91 Å². The summed E-state index contributed by atoms with van der Waals surface area (Å²) in [6.07, 6.45) is 0. The summed E-state index contributed by atoms with van der Waals surface area (Å²) in [5, 5.41) is 5.14. The number of nitrogens with zero attached hydrogens (tertiary/aromatic N) is 1. The molecular weight excluding hydrogens is 424 g/mol. The largest absolute Gasteiger partial charge is 0.497 e. The van der Waals surface area contributed by atoms with Crippen LogP contribution >= 0.6 is 11.3 Å². The fourth-order valence-corrected chi connectivity index (χ4v) is 3.94. The normalized spacial score (nSPS) is 10.4. The zero-order valence-corrected chi connectivity index (χ0v) is 18.5. The van der Waals surface area contributed by atoms with E-state index in [9.17, 15) is 4.79 Å². The van der Waals surface area contributed by atoms with Gasteiger partial charge in [-0.25, -0.2) is 4.98 Å². The molecule has 0 saturated heterocycles. The molecule has 6 nitrogen and oxygen atoms in total. The van der Waals surface area contributed by atoms with Gasteiger partial charge in [-0.1, -0.05) is 48.5 Å². The number of carbonyl (C=O) groups is 1. The van der Waals surface area contributed by atoms with Crippen molar-refractivity contribution in [1.82, 2.24) is 4.98 Å². The Morgan fingerprint density at radius 1 is 0.906 bits per heavy atom. The Kier molecular flexibility index (Phi) is 6.67. The van der Waals surface area contributed by atoms with Crippen LogP contribution in [0.4, 0.5) is 5.13 Å². The predicted octanol–water partition coefficient (Wildman–Crippen LogP) is 5.51. The molecule has 0 fully saturated rings. The minimum absolute atomic E-state index is 0.124. The number of thiazole rings is 1. The van der Waals surface area contributed by atoms with E-state index < -0.39 is 0 Å². The highest BCUT2D eigenvalue weighted by molar-refractivity contribution is 7.14. The molecule has 1 N–H and O–H groups in total. The van der Waals surface area contributed by atoms with Crippen LogP contribution in [0.5, 0.6) is 17.2 Å². The first kappa shape index (κ1) is 21.4. The number of anilines is 1. The molecule has 0 aliphatic rings. The molecule has 7 heteroatoms. The maximum absolute atomic E-state index is 12.5. The summed E-state index contributed by atoms with van der Waals surface area (Å²) in [7, 11) is 3.21. The quantitative estimate of drug-likeness (QED) is 0.386. The summed E-state index contributed by atoms with van der Waals surface area (Å²) in [4.78, 5) is 17.0. The molecule has 0 bridgehead atoms. The summed E-state index contributed by atoms with van der Waals surface area (Å²) in [5.41, 5.74) is 3.44. The maximum atomic E-state index is 12.5. The third-order valence-electron chi connectivity index (χ3n) is 4.76. The predicted molar refractivity (Wildman–Crippen MR) is 127 cm³/mol. The van der Waals surface area contributed by atoms with E-state index in [0.717, 1.165) is 16.7 Å². The van der Waals surface area contributed by atoms with Crippen molar-refractivity contribution in [3.05, 3.63) is 78.2 Å². The molecule has 0 saturated carbocycles. The highest BCUT2D eigenvalue weighted by Gasteiger charge is 2.14. The minimum atomic E-state index is -0.286. The number of aromatic nitrogens is 1. The first-order chi connectivity index (χ1) is 15.7. The third kappa shape index (κ3) is 4.90. The highest BCUT2D eigenvalue weighted by atomic mass is 32.1. The molecule has 1 aromatic heterocycles. The Morgan fingerprint density at radius 2 is 1.69 bits per heavy atom. The average Bonchev–Trinajstić information content (AvgIpc) is 3.31. The number of nitrogens with one attached hydrogen (secondary N) is 1. The molecule has 0 spiro atoms. The van der Waals surface area contributed by atoms with E-state index in [2.05, 4.69) is 10.3 Å². The van der Waals surface area contributed by atoms with Gasteiger partial charge < -0.3 is 14.2 Å². The van der Waals surface area contributed by atoms with E-state index in [-0.39, 0.29) is 12.5 Å². The van der Waals surface area contributed by atoms with Crippen LogP contribution in [0, 0.1) is 0 Å². The fraction of sp³-hybridized carbons (Fsp3) is 0.120. The van der Waals surface area contributed by atoms with Crippen molar-refractivity contribution in [2.24, 2.45) is 0 Å². The van der Waals surface area contributed by atoms with Crippen molar-refractivity contribution in [3.8, 4) is 39.6 Å². The third-order valence-corrected chi connectivity index (χ3v) is 5.52. The summed E-state index contributed by atoms with van der Waals surface area (Å²) in [6, 6.07) is 23.1. The number of methoxy groups -OCH3 is 2. The zero-order valence-electron chi connectivity index (χ0n) is 17.7. The van der Waals surface area contributed by atoms with Crippen LogP contribution in [0.15, 0.2) is 78.2 Å². The van der Waals surface area contributed by atoms with Gasteiger partial charge in [0, 0.05) is 16.5 Å². The van der Waals surface area contributed by atoms with Gasteiger partial charge in [-0.2, -0.15) is 0 Å². The molecule has 0 radical (unpaired) electrons. The van der Waals surface area contributed by atoms with E-state index in [1.807, 2.05) is 78.2 Å². The van der Waals surface area contributed by atoms with Crippen molar-refractivity contribution >= 4 is 22.4 Å². The van der Waals surface area contributed by atoms with Gasteiger partial charge in [-0.05, 0) is 29.8 Å². The van der Waals surface area contributed by atoms with Crippen LogP contribution in [-0.2, 0) is 4.79 Å². The lowest BCUT2D eigenvalue weighted by Gasteiger charge is -2.11. The molecular formula is C25H22N2O4S. The van der Waals surface area contributed by atoms with Gasteiger partial charge in [0.15, 0.2) is 11.7 Å². The van der Waals surface area contributed by atoms with E-state index in [0.29, 0.717) is 28.1 Å². The monoisotopic (exact) mass is 446 g/mol. The Balaban J connectivity index is 1.43. The number of amides is 1. The van der Waals surface area contributed by atoms with E-state index in [1.165, 1.54) is 11.3 Å². The number of hydrogen-bond acceptors (Lipinski definition) is 6. The summed E-state index contributed by atoms with van der Waals surface area (Å²) >= 11 is 1.33. The molecule has 0 aliphatic carbocycles. The van der Waals surface area contributed by atoms with Crippen LogP contribution in [0.3, 0.4) is 0 Å². The number of benzene rings is 3. The second kappa shape index (κ2) is 9.98. The molecule has 4 aromatic rings. The van der Waals surface area contributed by atoms with Crippen LogP contribution < -0.4 is 19.5 Å². The highest BCUT2D eigenvalue weighted by Crippen LogP contribution is 2.35. The first-order valence-corrected chi connectivity index (χ1v) is 10.8. The van der Waals surface area contributed by atoms with E-state index >= 15 is 0 Å². The Bertz CT molecular complexity index is 1210. The Labute approximate surface area is 190 Å². The molecule has 0 aliphatic heterocycles. The molecule has 32 heavy (non-hydrogen) atoms. The van der Waals surface area contributed by atoms with Gasteiger partial charge in [0.05, 0.1) is 19.9 Å². The van der Waals surface area contributed by atoms with Crippen molar-refractivity contribution in [3.63, 3.8) is 0 Å². The number of rotatable bonds is 8. The topological polar surface area (TPSA) is 69.7 Å². The number of para-hydroxylation sites is 1. The second-order valence-electron chi connectivity index (χ2n) is 6.80. The molecule has 162 valence electrons.